The molecule has 1 heterocycles. The number of rotatable bonds is 4. The van der Waals surface area contributed by atoms with Crippen LogP contribution >= 0.6 is 11.6 Å². The summed E-state index contributed by atoms with van der Waals surface area (Å²) >= 11 is 5.91. The summed E-state index contributed by atoms with van der Waals surface area (Å²) in [6.45, 7) is 0.253. The number of carbonyl (C=O) groups is 1. The molecule has 6 heteroatoms. The van der Waals surface area contributed by atoms with Crippen LogP contribution in [0.4, 0.5) is 5.69 Å². The molecule has 1 aromatic heterocycles. The number of benzene rings is 1. The van der Waals surface area contributed by atoms with Gasteiger partial charge in [-0.05, 0) is 24.3 Å². The lowest BCUT2D eigenvalue weighted by Gasteiger charge is -2.08. The largest absolute Gasteiger partial charge is 0.384 e. The Kier molecular flexibility index (Phi) is 5.38. The van der Waals surface area contributed by atoms with E-state index in [0.29, 0.717) is 29.2 Å². The van der Waals surface area contributed by atoms with Crippen LogP contribution in [0, 0.1) is 11.8 Å². The lowest BCUT2D eigenvalue weighted by Crippen LogP contribution is -2.15. The second kappa shape index (κ2) is 7.48. The van der Waals surface area contributed by atoms with Gasteiger partial charge in [-0.1, -0.05) is 23.4 Å². The van der Waals surface area contributed by atoms with E-state index in [1.165, 1.54) is 0 Å². The highest BCUT2D eigenvalue weighted by atomic mass is 35.5. The van der Waals surface area contributed by atoms with Crippen LogP contribution in [-0.4, -0.2) is 27.4 Å². The number of halogens is 1. The molecule has 2 aromatic rings. The second-order valence-corrected chi connectivity index (χ2v) is 4.65. The first-order valence-corrected chi connectivity index (χ1v) is 6.73. The van der Waals surface area contributed by atoms with Gasteiger partial charge in [0.25, 0.3) is 0 Å². The highest BCUT2D eigenvalue weighted by molar-refractivity contribution is 6.30. The van der Waals surface area contributed by atoms with Crippen molar-refractivity contribution in [3.63, 3.8) is 0 Å². The van der Waals surface area contributed by atoms with Crippen molar-refractivity contribution in [3.8, 4) is 11.8 Å². The molecule has 2 N–H and O–H groups in total. The fourth-order valence-corrected chi connectivity index (χ4v) is 1.90. The molecule has 0 spiro atoms. The monoisotopic (exact) mass is 303 g/mol. The molecule has 0 saturated heterocycles. The number of hydrogen-bond acceptors (Lipinski definition) is 3. The third kappa shape index (κ3) is 4.63. The summed E-state index contributed by atoms with van der Waals surface area (Å²) in [6.07, 6.45) is 3.77. The van der Waals surface area contributed by atoms with Gasteiger partial charge in [0.15, 0.2) is 0 Å². The summed E-state index contributed by atoms with van der Waals surface area (Å²) in [5.41, 5.74) is 1.15. The van der Waals surface area contributed by atoms with E-state index in [-0.39, 0.29) is 12.5 Å². The Labute approximate surface area is 127 Å². The molecule has 1 aromatic carbocycles. The molecule has 0 aliphatic rings. The summed E-state index contributed by atoms with van der Waals surface area (Å²) < 4.78 is 1.69. The van der Waals surface area contributed by atoms with Gasteiger partial charge < -0.3 is 10.4 Å². The zero-order valence-corrected chi connectivity index (χ0v) is 12.0. The number of aromatic nitrogens is 2. The van der Waals surface area contributed by atoms with Crippen molar-refractivity contribution < 1.29 is 9.90 Å². The number of anilines is 1. The molecular formula is C15H14ClN3O2. The lowest BCUT2D eigenvalue weighted by molar-refractivity contribution is -0.116. The van der Waals surface area contributed by atoms with Crippen molar-refractivity contribution in [1.29, 1.82) is 0 Å². The molecule has 21 heavy (non-hydrogen) atoms. The normalized spacial score (nSPS) is 9.81. The molecule has 0 atom stereocenters. The van der Waals surface area contributed by atoms with Crippen molar-refractivity contribution in [2.45, 2.75) is 13.0 Å². The maximum absolute atomic E-state index is 11.9. The first kappa shape index (κ1) is 15.1. The van der Waals surface area contributed by atoms with Crippen LogP contribution in [0.3, 0.4) is 0 Å². The van der Waals surface area contributed by atoms with Gasteiger partial charge in [-0.3, -0.25) is 9.48 Å². The molecule has 0 bridgehead atoms. The minimum absolute atomic E-state index is 0.139. The van der Waals surface area contributed by atoms with Gasteiger partial charge in [0.2, 0.25) is 5.91 Å². The van der Waals surface area contributed by atoms with Crippen LogP contribution in [0.2, 0.25) is 5.02 Å². The molecule has 0 radical (unpaired) electrons. The SMILES string of the molecule is O=C(CCn1cccn1)Nc1ccc(Cl)cc1C#CCO. The number of aliphatic hydroxyl groups is 1. The van der Waals surface area contributed by atoms with Gasteiger partial charge in [0, 0.05) is 35.9 Å². The van der Waals surface area contributed by atoms with Crippen LogP contribution in [0.15, 0.2) is 36.7 Å². The average Bonchev–Trinajstić information content (AvgIpc) is 2.98. The molecule has 0 unspecified atom stereocenters. The van der Waals surface area contributed by atoms with Crippen molar-refractivity contribution in [2.75, 3.05) is 11.9 Å². The van der Waals surface area contributed by atoms with Gasteiger partial charge in [-0.25, -0.2) is 0 Å². The van der Waals surface area contributed by atoms with E-state index in [1.807, 2.05) is 0 Å². The van der Waals surface area contributed by atoms with Gasteiger partial charge >= 0.3 is 0 Å². The third-order valence-corrected chi connectivity index (χ3v) is 2.92. The Hall–Kier alpha value is -2.29. The molecule has 0 aliphatic heterocycles. The number of aryl methyl sites for hydroxylation is 1. The summed E-state index contributed by atoms with van der Waals surface area (Å²) in [4.78, 5) is 11.9. The number of hydrogen-bond donors (Lipinski definition) is 2. The van der Waals surface area contributed by atoms with E-state index in [9.17, 15) is 4.79 Å². The van der Waals surface area contributed by atoms with Gasteiger partial charge in [-0.2, -0.15) is 5.10 Å². The Morgan fingerprint density at radius 1 is 1.48 bits per heavy atom. The van der Waals surface area contributed by atoms with Crippen LogP contribution in [-0.2, 0) is 11.3 Å². The Balaban J connectivity index is 2.02. The summed E-state index contributed by atoms with van der Waals surface area (Å²) in [6, 6.07) is 6.82. The highest BCUT2D eigenvalue weighted by Gasteiger charge is 2.07. The standard InChI is InChI=1S/C15H14ClN3O2/c16-13-4-5-14(12(11-13)3-1-10-20)18-15(21)6-9-19-8-2-7-17-19/h2,4-5,7-8,11,20H,6,9-10H2,(H,18,21). The smallest absolute Gasteiger partial charge is 0.226 e. The zero-order chi connectivity index (χ0) is 15.1. The number of carbonyl (C=O) groups excluding carboxylic acids is 1. The second-order valence-electron chi connectivity index (χ2n) is 4.22. The summed E-state index contributed by atoms with van der Waals surface area (Å²) in [5.74, 6) is 5.16. The maximum atomic E-state index is 11.9. The predicted molar refractivity (Wildman–Crippen MR) is 80.9 cm³/mol. The highest BCUT2D eigenvalue weighted by Crippen LogP contribution is 2.20. The molecule has 5 nitrogen and oxygen atoms in total. The Morgan fingerprint density at radius 3 is 3.05 bits per heavy atom. The van der Waals surface area contributed by atoms with E-state index >= 15 is 0 Å². The van der Waals surface area contributed by atoms with E-state index in [4.69, 9.17) is 16.7 Å². The minimum atomic E-state index is -0.251. The Bertz CT molecular complexity index is 672. The van der Waals surface area contributed by atoms with E-state index in [2.05, 4.69) is 22.3 Å². The van der Waals surface area contributed by atoms with Gasteiger partial charge in [0.1, 0.15) is 6.61 Å². The molecule has 1 amide bonds. The zero-order valence-electron chi connectivity index (χ0n) is 11.2. The molecule has 0 aliphatic carbocycles. The van der Waals surface area contributed by atoms with E-state index in [1.54, 1.807) is 41.3 Å². The molecule has 0 fully saturated rings. The first-order valence-electron chi connectivity index (χ1n) is 6.35. The quantitative estimate of drug-likeness (QED) is 0.848. The Morgan fingerprint density at radius 2 is 2.33 bits per heavy atom. The number of amides is 1. The topological polar surface area (TPSA) is 67.2 Å². The van der Waals surface area contributed by atoms with Gasteiger partial charge in [0.05, 0.1) is 5.69 Å². The van der Waals surface area contributed by atoms with Gasteiger partial charge in [-0.15, -0.1) is 0 Å². The molecule has 2 rings (SSSR count). The molecular weight excluding hydrogens is 290 g/mol. The third-order valence-electron chi connectivity index (χ3n) is 2.68. The summed E-state index contributed by atoms with van der Waals surface area (Å²) in [7, 11) is 0. The fraction of sp³-hybridized carbons (Fsp3) is 0.200. The number of aliphatic hydroxyl groups excluding tert-OH is 1. The van der Waals surface area contributed by atoms with Crippen molar-refractivity contribution in [3.05, 3.63) is 47.2 Å². The summed E-state index contributed by atoms with van der Waals surface area (Å²) in [5, 5.41) is 16.1. The maximum Gasteiger partial charge on any atom is 0.226 e. The van der Waals surface area contributed by atoms with Crippen LogP contribution in [0.1, 0.15) is 12.0 Å². The first-order chi connectivity index (χ1) is 10.2. The number of nitrogens with one attached hydrogen (secondary N) is 1. The van der Waals surface area contributed by atoms with Crippen molar-refractivity contribution in [2.24, 2.45) is 0 Å². The van der Waals surface area contributed by atoms with E-state index < -0.39 is 0 Å². The fourth-order valence-electron chi connectivity index (χ4n) is 1.73. The van der Waals surface area contributed by atoms with Crippen molar-refractivity contribution >= 4 is 23.2 Å². The lowest BCUT2D eigenvalue weighted by atomic mass is 10.1. The van der Waals surface area contributed by atoms with E-state index in [0.717, 1.165) is 0 Å². The molecule has 108 valence electrons. The average molecular weight is 304 g/mol. The van der Waals surface area contributed by atoms with Crippen LogP contribution in [0.25, 0.3) is 0 Å². The molecule has 0 saturated carbocycles. The predicted octanol–water partition coefficient (Wildman–Crippen LogP) is 1.91. The van der Waals surface area contributed by atoms with Crippen LogP contribution < -0.4 is 5.32 Å². The van der Waals surface area contributed by atoms with Crippen molar-refractivity contribution in [1.82, 2.24) is 9.78 Å². The number of nitrogens with zero attached hydrogens (tertiary/aromatic N) is 2. The van der Waals surface area contributed by atoms with Crippen LogP contribution in [0.5, 0.6) is 0 Å². The minimum Gasteiger partial charge on any atom is -0.384 e.